The Morgan fingerprint density at radius 3 is 2.62 bits per heavy atom. The number of hydrogen-bond acceptors (Lipinski definition) is 3. The van der Waals surface area contributed by atoms with E-state index in [-0.39, 0.29) is 6.54 Å². The summed E-state index contributed by atoms with van der Waals surface area (Å²) in [4.78, 5) is 4.36. The Bertz CT molecular complexity index is 682. The molecule has 2 N–H and O–H groups in total. The Hall–Kier alpha value is -2.58. The Labute approximate surface area is 150 Å². The second-order valence-electron chi connectivity index (χ2n) is 5.73. The van der Waals surface area contributed by atoms with Crippen molar-refractivity contribution in [3.63, 3.8) is 0 Å². The van der Waals surface area contributed by atoms with Crippen LogP contribution >= 0.6 is 0 Å². The van der Waals surface area contributed by atoms with Crippen molar-refractivity contribution in [1.82, 2.24) is 25.4 Å². The van der Waals surface area contributed by atoms with Crippen LogP contribution in [0.4, 0.5) is 13.2 Å². The van der Waals surface area contributed by atoms with Crippen LogP contribution in [0.25, 0.3) is 0 Å². The molecule has 1 aromatic heterocycles. The van der Waals surface area contributed by atoms with Gasteiger partial charge < -0.3 is 15.2 Å². The van der Waals surface area contributed by atoms with E-state index in [1.54, 1.807) is 18.7 Å². The molecular formula is C17H23F3N6. The minimum Gasteiger partial charge on any atom is -0.357 e. The molecule has 0 aliphatic rings. The summed E-state index contributed by atoms with van der Waals surface area (Å²) in [6.45, 7) is 4.35. The lowest BCUT2D eigenvalue weighted by atomic mass is 10.1. The summed E-state index contributed by atoms with van der Waals surface area (Å²) in [7, 11) is 0. The van der Waals surface area contributed by atoms with E-state index in [9.17, 15) is 13.2 Å². The van der Waals surface area contributed by atoms with Crippen LogP contribution in [0.15, 0.2) is 41.9 Å². The maximum absolute atomic E-state index is 12.8. The molecule has 0 fully saturated rings. The van der Waals surface area contributed by atoms with E-state index in [1.165, 1.54) is 6.07 Å². The van der Waals surface area contributed by atoms with Crippen molar-refractivity contribution in [2.45, 2.75) is 39.0 Å². The molecule has 142 valence electrons. The molecule has 9 heteroatoms. The van der Waals surface area contributed by atoms with E-state index in [1.807, 2.05) is 11.5 Å². The highest BCUT2D eigenvalue weighted by Crippen LogP contribution is 2.29. The van der Waals surface area contributed by atoms with Crippen molar-refractivity contribution in [3.05, 3.63) is 48.0 Å². The average Bonchev–Trinajstić information content (AvgIpc) is 3.12. The molecule has 0 spiro atoms. The number of aryl methyl sites for hydroxylation is 1. The molecule has 0 unspecified atom stereocenters. The lowest BCUT2D eigenvalue weighted by Crippen LogP contribution is -2.37. The van der Waals surface area contributed by atoms with Crippen LogP contribution in [0.1, 0.15) is 30.9 Å². The third kappa shape index (κ3) is 6.73. The standard InChI is InChI=1S/C17H23F3N6/c1-2-21-16(22-8-3-4-9-26-12-24-25-13-26)23-11-14-6-5-7-15(10-14)17(18,19)20/h5-7,10,12-13H,2-4,8-9,11H2,1H3,(H2,21,22,23). The number of hydrogen-bond donors (Lipinski definition) is 2. The Morgan fingerprint density at radius 2 is 1.92 bits per heavy atom. The number of aliphatic imine (C=N–C) groups is 1. The number of halogens is 3. The van der Waals surface area contributed by atoms with Gasteiger partial charge in [0.05, 0.1) is 12.1 Å². The van der Waals surface area contributed by atoms with Crippen LogP contribution in [0.2, 0.25) is 0 Å². The predicted octanol–water partition coefficient (Wildman–Crippen LogP) is 2.83. The molecule has 0 saturated carbocycles. The summed E-state index contributed by atoms with van der Waals surface area (Å²) < 4.78 is 40.2. The van der Waals surface area contributed by atoms with Gasteiger partial charge in [0.15, 0.2) is 5.96 Å². The van der Waals surface area contributed by atoms with Crippen LogP contribution < -0.4 is 10.6 Å². The van der Waals surface area contributed by atoms with Crippen LogP contribution in [0.5, 0.6) is 0 Å². The van der Waals surface area contributed by atoms with Crippen molar-refractivity contribution in [1.29, 1.82) is 0 Å². The Morgan fingerprint density at radius 1 is 1.15 bits per heavy atom. The van der Waals surface area contributed by atoms with Gasteiger partial charge in [-0.2, -0.15) is 13.2 Å². The van der Waals surface area contributed by atoms with Gasteiger partial charge in [-0.3, -0.25) is 0 Å². The molecule has 0 atom stereocenters. The quantitative estimate of drug-likeness (QED) is 0.427. The number of nitrogens with zero attached hydrogens (tertiary/aromatic N) is 4. The zero-order chi connectivity index (χ0) is 18.8. The summed E-state index contributed by atoms with van der Waals surface area (Å²) >= 11 is 0. The Kier molecular flexibility index (Phi) is 7.43. The van der Waals surface area contributed by atoms with Gasteiger partial charge in [0.2, 0.25) is 0 Å². The van der Waals surface area contributed by atoms with Gasteiger partial charge in [-0.05, 0) is 37.5 Å². The average molecular weight is 368 g/mol. The van der Waals surface area contributed by atoms with Crippen LogP contribution in [-0.2, 0) is 19.3 Å². The number of benzene rings is 1. The SMILES string of the molecule is CCNC(=NCc1cccc(C(F)(F)F)c1)NCCCCn1cnnc1. The van der Waals surface area contributed by atoms with Crippen LogP contribution in [-0.4, -0.2) is 33.8 Å². The summed E-state index contributed by atoms with van der Waals surface area (Å²) in [5.74, 6) is 0.592. The molecule has 0 aliphatic heterocycles. The van der Waals surface area contributed by atoms with E-state index in [2.05, 4.69) is 25.8 Å². The molecule has 0 bridgehead atoms. The van der Waals surface area contributed by atoms with Gasteiger partial charge in [0, 0.05) is 19.6 Å². The minimum absolute atomic E-state index is 0.181. The first-order valence-electron chi connectivity index (χ1n) is 8.49. The first-order valence-corrected chi connectivity index (χ1v) is 8.49. The van der Waals surface area contributed by atoms with Crippen molar-refractivity contribution >= 4 is 5.96 Å². The van der Waals surface area contributed by atoms with E-state index in [4.69, 9.17) is 0 Å². The molecular weight excluding hydrogens is 345 g/mol. The molecule has 6 nitrogen and oxygen atoms in total. The molecule has 0 aliphatic carbocycles. The highest BCUT2D eigenvalue weighted by atomic mass is 19.4. The second-order valence-corrected chi connectivity index (χ2v) is 5.73. The molecule has 2 rings (SSSR count). The molecule has 0 saturated heterocycles. The summed E-state index contributed by atoms with van der Waals surface area (Å²) in [5.41, 5.74) is -0.137. The van der Waals surface area contributed by atoms with E-state index in [0.29, 0.717) is 18.1 Å². The number of guanidine groups is 1. The smallest absolute Gasteiger partial charge is 0.357 e. The first-order chi connectivity index (χ1) is 12.5. The number of alkyl halides is 3. The van der Waals surface area contributed by atoms with Gasteiger partial charge in [0.1, 0.15) is 12.7 Å². The molecule has 0 radical (unpaired) electrons. The largest absolute Gasteiger partial charge is 0.416 e. The van der Waals surface area contributed by atoms with Gasteiger partial charge in [-0.15, -0.1) is 10.2 Å². The van der Waals surface area contributed by atoms with E-state index in [0.717, 1.165) is 38.1 Å². The first kappa shape index (κ1) is 19.7. The van der Waals surface area contributed by atoms with E-state index >= 15 is 0 Å². The molecule has 0 amide bonds. The van der Waals surface area contributed by atoms with Gasteiger partial charge >= 0.3 is 6.18 Å². The maximum atomic E-state index is 12.8. The van der Waals surface area contributed by atoms with Gasteiger partial charge in [0.25, 0.3) is 0 Å². The highest BCUT2D eigenvalue weighted by molar-refractivity contribution is 5.79. The van der Waals surface area contributed by atoms with Crippen molar-refractivity contribution in [3.8, 4) is 0 Å². The minimum atomic E-state index is -4.34. The Balaban J connectivity index is 1.82. The lowest BCUT2D eigenvalue weighted by molar-refractivity contribution is -0.137. The fraction of sp³-hybridized carbons (Fsp3) is 0.471. The molecule has 26 heavy (non-hydrogen) atoms. The van der Waals surface area contributed by atoms with Crippen LogP contribution in [0.3, 0.4) is 0 Å². The normalized spacial score (nSPS) is 12.2. The summed E-state index contributed by atoms with van der Waals surface area (Å²) in [5, 5.41) is 13.8. The maximum Gasteiger partial charge on any atom is 0.416 e. The number of unbranched alkanes of at least 4 members (excludes halogenated alkanes) is 1. The summed E-state index contributed by atoms with van der Waals surface area (Å²) in [6.07, 6.45) is 0.888. The van der Waals surface area contributed by atoms with Crippen molar-refractivity contribution < 1.29 is 13.2 Å². The third-order valence-electron chi connectivity index (χ3n) is 3.62. The molecule has 1 aromatic carbocycles. The number of rotatable bonds is 8. The van der Waals surface area contributed by atoms with Crippen molar-refractivity contribution in [2.24, 2.45) is 4.99 Å². The monoisotopic (exact) mass is 368 g/mol. The fourth-order valence-electron chi connectivity index (χ4n) is 2.32. The lowest BCUT2D eigenvalue weighted by Gasteiger charge is -2.12. The van der Waals surface area contributed by atoms with Gasteiger partial charge in [-0.1, -0.05) is 12.1 Å². The number of aromatic nitrogens is 3. The van der Waals surface area contributed by atoms with Gasteiger partial charge in [-0.25, -0.2) is 4.99 Å². The van der Waals surface area contributed by atoms with Crippen molar-refractivity contribution in [2.75, 3.05) is 13.1 Å². The number of nitrogens with one attached hydrogen (secondary N) is 2. The van der Waals surface area contributed by atoms with E-state index < -0.39 is 11.7 Å². The zero-order valence-electron chi connectivity index (χ0n) is 14.6. The zero-order valence-corrected chi connectivity index (χ0v) is 14.6. The summed E-state index contributed by atoms with van der Waals surface area (Å²) in [6, 6.07) is 5.24. The highest BCUT2D eigenvalue weighted by Gasteiger charge is 2.30. The third-order valence-corrected chi connectivity index (χ3v) is 3.62. The fourth-order valence-corrected chi connectivity index (χ4v) is 2.32. The van der Waals surface area contributed by atoms with Crippen LogP contribution in [0, 0.1) is 0 Å². The predicted molar refractivity (Wildman–Crippen MR) is 93.5 cm³/mol. The molecule has 2 aromatic rings. The topological polar surface area (TPSA) is 67.1 Å². The second kappa shape index (κ2) is 9.79. The molecule has 1 heterocycles.